The fourth-order valence-electron chi connectivity index (χ4n) is 1.97. The predicted molar refractivity (Wildman–Crippen MR) is 78.1 cm³/mol. The molecule has 0 aromatic heterocycles. The summed E-state index contributed by atoms with van der Waals surface area (Å²) in [7, 11) is 0. The van der Waals surface area contributed by atoms with E-state index in [1.807, 2.05) is 32.0 Å². The van der Waals surface area contributed by atoms with Crippen molar-refractivity contribution in [2.75, 3.05) is 0 Å². The largest absolute Gasteiger partial charge is 0.294 e. The SMILES string of the molecule is Cc1ccc(C)c(C(=O)Cc2ccc(F)cc2Br)c1. The number of halogens is 2. The van der Waals surface area contributed by atoms with E-state index in [-0.39, 0.29) is 18.0 Å². The highest BCUT2D eigenvalue weighted by molar-refractivity contribution is 9.10. The van der Waals surface area contributed by atoms with Crippen molar-refractivity contribution in [2.45, 2.75) is 20.3 Å². The van der Waals surface area contributed by atoms with Gasteiger partial charge in [0.2, 0.25) is 0 Å². The smallest absolute Gasteiger partial charge is 0.167 e. The molecule has 0 saturated heterocycles. The van der Waals surface area contributed by atoms with Gasteiger partial charge < -0.3 is 0 Å². The topological polar surface area (TPSA) is 17.1 Å². The van der Waals surface area contributed by atoms with Crippen LogP contribution in [0.2, 0.25) is 0 Å². The van der Waals surface area contributed by atoms with Crippen LogP contribution < -0.4 is 0 Å². The van der Waals surface area contributed by atoms with Gasteiger partial charge in [-0.25, -0.2) is 4.39 Å². The van der Waals surface area contributed by atoms with E-state index in [1.165, 1.54) is 12.1 Å². The van der Waals surface area contributed by atoms with Crippen molar-refractivity contribution in [1.29, 1.82) is 0 Å². The van der Waals surface area contributed by atoms with Gasteiger partial charge in [0.05, 0.1) is 0 Å². The van der Waals surface area contributed by atoms with Crippen molar-refractivity contribution in [3.63, 3.8) is 0 Å². The first-order chi connectivity index (χ1) is 8.97. The van der Waals surface area contributed by atoms with Crippen molar-refractivity contribution in [3.05, 3.63) is 68.9 Å². The highest BCUT2D eigenvalue weighted by atomic mass is 79.9. The van der Waals surface area contributed by atoms with E-state index in [9.17, 15) is 9.18 Å². The monoisotopic (exact) mass is 320 g/mol. The van der Waals surface area contributed by atoms with Crippen LogP contribution in [0.1, 0.15) is 27.0 Å². The third-order valence-electron chi connectivity index (χ3n) is 3.06. The molecule has 0 unspecified atom stereocenters. The summed E-state index contributed by atoms with van der Waals surface area (Å²) in [5.41, 5.74) is 3.56. The van der Waals surface area contributed by atoms with Crippen LogP contribution in [0.25, 0.3) is 0 Å². The first-order valence-electron chi connectivity index (χ1n) is 6.02. The first-order valence-corrected chi connectivity index (χ1v) is 6.81. The van der Waals surface area contributed by atoms with E-state index in [4.69, 9.17) is 0 Å². The summed E-state index contributed by atoms with van der Waals surface area (Å²) in [6.07, 6.45) is 0.269. The van der Waals surface area contributed by atoms with Gasteiger partial charge in [0.15, 0.2) is 5.78 Å². The molecule has 0 bridgehead atoms. The lowest BCUT2D eigenvalue weighted by Crippen LogP contribution is -2.06. The molecule has 0 aliphatic carbocycles. The van der Waals surface area contributed by atoms with Crippen LogP contribution in [0, 0.1) is 19.7 Å². The molecule has 19 heavy (non-hydrogen) atoms. The van der Waals surface area contributed by atoms with Gasteiger partial charge in [-0.15, -0.1) is 0 Å². The Morgan fingerprint density at radius 1 is 1.16 bits per heavy atom. The second-order valence-electron chi connectivity index (χ2n) is 4.65. The number of carbonyl (C=O) groups is 1. The third-order valence-corrected chi connectivity index (χ3v) is 3.80. The first kappa shape index (κ1) is 13.9. The summed E-state index contributed by atoms with van der Waals surface area (Å²) in [4.78, 5) is 12.3. The van der Waals surface area contributed by atoms with Crippen molar-refractivity contribution < 1.29 is 9.18 Å². The number of Topliss-reactive ketones (excluding diaryl/α,β-unsaturated/α-hetero) is 1. The summed E-state index contributed by atoms with van der Waals surface area (Å²) in [5, 5.41) is 0. The molecule has 0 amide bonds. The molecule has 0 aliphatic heterocycles. The van der Waals surface area contributed by atoms with Crippen LogP contribution in [0.5, 0.6) is 0 Å². The maximum absolute atomic E-state index is 13.0. The van der Waals surface area contributed by atoms with Crippen molar-refractivity contribution >= 4 is 21.7 Å². The molecule has 2 aromatic rings. The van der Waals surface area contributed by atoms with Crippen LogP contribution in [-0.4, -0.2) is 5.78 Å². The molecule has 0 saturated carbocycles. The molecule has 0 heterocycles. The predicted octanol–water partition coefficient (Wildman–Crippen LogP) is 4.63. The molecule has 0 fully saturated rings. The highest BCUT2D eigenvalue weighted by Crippen LogP contribution is 2.21. The zero-order chi connectivity index (χ0) is 14.0. The third kappa shape index (κ3) is 3.29. The minimum atomic E-state index is -0.310. The molecule has 3 heteroatoms. The quantitative estimate of drug-likeness (QED) is 0.753. The van der Waals surface area contributed by atoms with Crippen LogP contribution in [0.3, 0.4) is 0 Å². The van der Waals surface area contributed by atoms with Crippen LogP contribution in [-0.2, 0) is 6.42 Å². The highest BCUT2D eigenvalue weighted by Gasteiger charge is 2.12. The molecule has 2 rings (SSSR count). The van der Waals surface area contributed by atoms with Gasteiger partial charge in [-0.05, 0) is 43.2 Å². The molecular weight excluding hydrogens is 307 g/mol. The Morgan fingerprint density at radius 3 is 2.58 bits per heavy atom. The van der Waals surface area contributed by atoms with Crippen LogP contribution in [0.15, 0.2) is 40.9 Å². The summed E-state index contributed by atoms with van der Waals surface area (Å²) in [6, 6.07) is 10.2. The van der Waals surface area contributed by atoms with E-state index in [1.54, 1.807) is 6.07 Å². The van der Waals surface area contributed by atoms with Gasteiger partial charge in [0, 0.05) is 16.5 Å². The Kier molecular flexibility index (Phi) is 4.15. The van der Waals surface area contributed by atoms with Gasteiger partial charge in [-0.1, -0.05) is 39.7 Å². The van der Waals surface area contributed by atoms with Crippen molar-refractivity contribution in [2.24, 2.45) is 0 Å². The summed E-state index contributed by atoms with van der Waals surface area (Å²) < 4.78 is 13.6. The number of carbonyl (C=O) groups excluding carboxylic acids is 1. The fraction of sp³-hybridized carbons (Fsp3) is 0.188. The molecule has 0 radical (unpaired) electrons. The molecule has 0 aliphatic rings. The van der Waals surface area contributed by atoms with Crippen LogP contribution in [0.4, 0.5) is 4.39 Å². The second kappa shape index (κ2) is 5.66. The number of ketones is 1. The summed E-state index contributed by atoms with van der Waals surface area (Å²) in [5.74, 6) is -0.261. The minimum Gasteiger partial charge on any atom is -0.294 e. The maximum Gasteiger partial charge on any atom is 0.167 e. The van der Waals surface area contributed by atoms with Crippen molar-refractivity contribution in [1.82, 2.24) is 0 Å². The lowest BCUT2D eigenvalue weighted by Gasteiger charge is -2.08. The normalized spacial score (nSPS) is 10.5. The number of aryl methyl sites for hydroxylation is 2. The van der Waals surface area contributed by atoms with E-state index < -0.39 is 0 Å². The average molecular weight is 321 g/mol. The van der Waals surface area contributed by atoms with Crippen molar-refractivity contribution in [3.8, 4) is 0 Å². The van der Waals surface area contributed by atoms with E-state index in [0.717, 1.165) is 22.3 Å². The zero-order valence-corrected chi connectivity index (χ0v) is 12.4. The van der Waals surface area contributed by atoms with Gasteiger partial charge in [-0.2, -0.15) is 0 Å². The zero-order valence-electron chi connectivity index (χ0n) is 10.8. The van der Waals surface area contributed by atoms with Gasteiger partial charge in [-0.3, -0.25) is 4.79 Å². The number of hydrogen-bond acceptors (Lipinski definition) is 1. The summed E-state index contributed by atoms with van der Waals surface area (Å²) >= 11 is 3.29. The molecule has 2 aromatic carbocycles. The number of hydrogen-bond donors (Lipinski definition) is 0. The van der Waals surface area contributed by atoms with Crippen LogP contribution >= 0.6 is 15.9 Å². The standard InChI is InChI=1S/C16H14BrFO/c1-10-3-4-11(2)14(7-10)16(19)8-12-5-6-13(18)9-15(12)17/h3-7,9H,8H2,1-2H3. The van der Waals surface area contributed by atoms with Gasteiger partial charge in [0.25, 0.3) is 0 Å². The lowest BCUT2D eigenvalue weighted by molar-refractivity contribution is 0.0992. The molecule has 0 spiro atoms. The Labute approximate surface area is 120 Å². The van der Waals surface area contributed by atoms with E-state index in [2.05, 4.69) is 15.9 Å². The second-order valence-corrected chi connectivity index (χ2v) is 5.51. The Balaban J connectivity index is 2.28. The Bertz CT molecular complexity index is 635. The average Bonchev–Trinajstić information content (AvgIpc) is 2.35. The molecule has 1 nitrogen and oxygen atoms in total. The Hall–Kier alpha value is -1.48. The molecule has 0 atom stereocenters. The lowest BCUT2D eigenvalue weighted by atomic mass is 9.97. The van der Waals surface area contributed by atoms with E-state index in [0.29, 0.717) is 4.47 Å². The van der Waals surface area contributed by atoms with E-state index >= 15 is 0 Å². The fourth-order valence-corrected chi connectivity index (χ4v) is 2.46. The van der Waals surface area contributed by atoms with Gasteiger partial charge in [0.1, 0.15) is 5.82 Å². The summed E-state index contributed by atoms with van der Waals surface area (Å²) in [6.45, 7) is 3.89. The minimum absolute atomic E-state index is 0.0495. The maximum atomic E-state index is 13.0. The molecule has 98 valence electrons. The number of benzene rings is 2. The van der Waals surface area contributed by atoms with Gasteiger partial charge >= 0.3 is 0 Å². The number of rotatable bonds is 3. The molecular formula is C16H14BrFO. The Morgan fingerprint density at radius 2 is 1.89 bits per heavy atom. The molecule has 0 N–H and O–H groups in total.